The number of ether oxygens (including phenoxy) is 3. The third-order valence-electron chi connectivity index (χ3n) is 6.13. The maximum absolute atomic E-state index is 13.2. The third-order valence-corrected chi connectivity index (χ3v) is 6.13. The van der Waals surface area contributed by atoms with Gasteiger partial charge in [-0.1, -0.05) is 24.3 Å². The second-order valence-corrected chi connectivity index (χ2v) is 8.20. The van der Waals surface area contributed by atoms with E-state index in [0.29, 0.717) is 34.7 Å². The number of carbonyl (C=O) groups excluding carboxylic acids is 2. The van der Waals surface area contributed by atoms with Crippen LogP contribution in [0.3, 0.4) is 0 Å². The summed E-state index contributed by atoms with van der Waals surface area (Å²) < 4.78 is 16.2. The zero-order chi connectivity index (χ0) is 24.4. The van der Waals surface area contributed by atoms with Crippen LogP contribution in [0.2, 0.25) is 0 Å². The number of fused-ring (bicyclic) bond motifs is 2. The molecule has 0 saturated carbocycles. The standard InChI is InChI=1S/C28H24N2O5/c1-33-24-12-9-17(15-25(24)34-2)14-18-10-11-20-26(19-6-3-4-7-21(19)30-27(18)20)28(32)35-16-23(31)22-8-5-13-29-22/h3-9,12-15,29H,10-11,16H2,1-2H3/b18-14+. The topological polar surface area (TPSA) is 90.5 Å². The number of aromatic amines is 1. The highest BCUT2D eigenvalue weighted by atomic mass is 16.5. The van der Waals surface area contributed by atoms with Crippen molar-refractivity contribution in [3.05, 3.63) is 88.9 Å². The third kappa shape index (κ3) is 4.28. The fourth-order valence-electron chi connectivity index (χ4n) is 4.44. The predicted molar refractivity (Wildman–Crippen MR) is 133 cm³/mol. The zero-order valence-electron chi connectivity index (χ0n) is 19.5. The van der Waals surface area contributed by atoms with Crippen LogP contribution in [-0.4, -0.2) is 42.5 Å². The number of nitrogens with zero attached hydrogens (tertiary/aromatic N) is 1. The van der Waals surface area contributed by atoms with E-state index in [4.69, 9.17) is 19.2 Å². The molecular weight excluding hydrogens is 444 g/mol. The average molecular weight is 469 g/mol. The number of para-hydroxylation sites is 1. The van der Waals surface area contributed by atoms with Crippen molar-refractivity contribution in [2.24, 2.45) is 0 Å². The summed E-state index contributed by atoms with van der Waals surface area (Å²) in [5, 5.41) is 0.718. The molecule has 0 radical (unpaired) electrons. The molecule has 0 unspecified atom stereocenters. The molecule has 0 fully saturated rings. The Hall–Kier alpha value is -4.39. The van der Waals surface area contributed by atoms with E-state index in [1.54, 1.807) is 32.5 Å². The number of esters is 1. The summed E-state index contributed by atoms with van der Waals surface area (Å²) in [5.74, 6) is 0.492. The Bertz CT molecular complexity index is 1450. The first-order chi connectivity index (χ1) is 17.1. The van der Waals surface area contributed by atoms with Gasteiger partial charge in [0.25, 0.3) is 0 Å². The minimum absolute atomic E-state index is 0.285. The van der Waals surface area contributed by atoms with Gasteiger partial charge in [-0.15, -0.1) is 0 Å². The van der Waals surface area contributed by atoms with E-state index in [1.807, 2.05) is 42.5 Å². The second-order valence-electron chi connectivity index (χ2n) is 8.20. The molecule has 0 atom stereocenters. The number of aromatic nitrogens is 2. The summed E-state index contributed by atoms with van der Waals surface area (Å²) in [6.07, 6.45) is 5.10. The molecule has 1 aliphatic carbocycles. The fourth-order valence-corrected chi connectivity index (χ4v) is 4.44. The highest BCUT2D eigenvalue weighted by Gasteiger charge is 2.28. The number of carbonyl (C=O) groups is 2. The van der Waals surface area contributed by atoms with Crippen molar-refractivity contribution >= 4 is 34.3 Å². The van der Waals surface area contributed by atoms with Gasteiger partial charge in [-0.2, -0.15) is 0 Å². The lowest BCUT2D eigenvalue weighted by atomic mass is 10.0. The van der Waals surface area contributed by atoms with Gasteiger partial charge in [0, 0.05) is 11.6 Å². The molecule has 7 heteroatoms. The summed E-state index contributed by atoms with van der Waals surface area (Å²) in [7, 11) is 3.20. The Kier molecular flexibility index (Phi) is 6.06. The molecule has 0 amide bonds. The number of hydrogen-bond acceptors (Lipinski definition) is 6. The Labute approximate surface area is 202 Å². The number of rotatable bonds is 7. The van der Waals surface area contributed by atoms with Crippen molar-refractivity contribution in [3.8, 4) is 11.5 Å². The van der Waals surface area contributed by atoms with Gasteiger partial charge < -0.3 is 19.2 Å². The van der Waals surface area contributed by atoms with Gasteiger partial charge in [0.1, 0.15) is 0 Å². The van der Waals surface area contributed by atoms with Crippen LogP contribution in [0.1, 0.15) is 44.1 Å². The number of methoxy groups -OCH3 is 2. The van der Waals surface area contributed by atoms with Gasteiger partial charge in [-0.05, 0) is 65.9 Å². The van der Waals surface area contributed by atoms with E-state index < -0.39 is 5.97 Å². The summed E-state index contributed by atoms with van der Waals surface area (Å²) in [6, 6.07) is 16.6. The Balaban J connectivity index is 1.52. The molecule has 2 aromatic heterocycles. The maximum atomic E-state index is 13.2. The van der Waals surface area contributed by atoms with Crippen molar-refractivity contribution in [1.82, 2.24) is 9.97 Å². The highest BCUT2D eigenvalue weighted by Crippen LogP contribution is 2.38. The molecule has 0 spiro atoms. The monoisotopic (exact) mass is 468 g/mol. The lowest BCUT2D eigenvalue weighted by Crippen LogP contribution is -2.16. The number of pyridine rings is 1. The van der Waals surface area contributed by atoms with Gasteiger partial charge >= 0.3 is 5.97 Å². The fraction of sp³-hybridized carbons (Fsp3) is 0.179. The number of Topliss-reactive ketones (excluding diaryl/α,β-unsaturated/α-hetero) is 1. The lowest BCUT2D eigenvalue weighted by molar-refractivity contribution is 0.0474. The Morgan fingerprint density at radius 1 is 1.00 bits per heavy atom. The number of H-pyrrole nitrogens is 1. The van der Waals surface area contributed by atoms with Crippen molar-refractivity contribution < 1.29 is 23.8 Å². The van der Waals surface area contributed by atoms with Crippen LogP contribution < -0.4 is 9.47 Å². The van der Waals surface area contributed by atoms with Gasteiger partial charge in [0.2, 0.25) is 5.78 Å². The zero-order valence-corrected chi connectivity index (χ0v) is 19.5. The van der Waals surface area contributed by atoms with E-state index >= 15 is 0 Å². The van der Waals surface area contributed by atoms with E-state index in [-0.39, 0.29) is 12.4 Å². The van der Waals surface area contributed by atoms with E-state index in [0.717, 1.165) is 34.2 Å². The number of hydrogen-bond donors (Lipinski definition) is 1. The quantitative estimate of drug-likeness (QED) is 0.300. The normalized spacial score (nSPS) is 13.6. The van der Waals surface area contributed by atoms with Gasteiger partial charge in [-0.25, -0.2) is 9.78 Å². The largest absolute Gasteiger partial charge is 0.493 e. The van der Waals surface area contributed by atoms with Crippen LogP contribution in [0.4, 0.5) is 0 Å². The maximum Gasteiger partial charge on any atom is 0.339 e. The van der Waals surface area contributed by atoms with E-state index in [9.17, 15) is 9.59 Å². The number of benzene rings is 2. The second kappa shape index (κ2) is 9.46. The molecule has 176 valence electrons. The lowest BCUT2D eigenvalue weighted by Gasteiger charge is -2.12. The SMILES string of the molecule is COc1ccc(/C=C2\CCc3c2nc2ccccc2c3C(=O)OCC(=O)c2ccc[nH]2)cc1OC. The molecule has 0 bridgehead atoms. The molecule has 2 heterocycles. The van der Waals surface area contributed by atoms with Crippen molar-refractivity contribution in [2.45, 2.75) is 12.8 Å². The first-order valence-corrected chi connectivity index (χ1v) is 11.3. The average Bonchev–Trinajstić information content (AvgIpc) is 3.56. The number of ketones is 1. The van der Waals surface area contributed by atoms with Crippen molar-refractivity contribution in [1.29, 1.82) is 0 Å². The van der Waals surface area contributed by atoms with Gasteiger partial charge in [0.15, 0.2) is 18.1 Å². The van der Waals surface area contributed by atoms with E-state index in [2.05, 4.69) is 11.1 Å². The molecule has 1 N–H and O–H groups in total. The van der Waals surface area contributed by atoms with Crippen molar-refractivity contribution in [3.63, 3.8) is 0 Å². The summed E-state index contributed by atoms with van der Waals surface area (Å²) in [6.45, 7) is -0.334. The summed E-state index contributed by atoms with van der Waals surface area (Å²) in [4.78, 5) is 33.3. The predicted octanol–water partition coefficient (Wildman–Crippen LogP) is 5.11. The van der Waals surface area contributed by atoms with Gasteiger partial charge in [0.05, 0.1) is 36.7 Å². The molecule has 1 aliphatic rings. The minimum Gasteiger partial charge on any atom is -0.493 e. The van der Waals surface area contributed by atoms with Crippen LogP contribution >= 0.6 is 0 Å². The van der Waals surface area contributed by atoms with Crippen LogP contribution in [0.5, 0.6) is 11.5 Å². The van der Waals surface area contributed by atoms with E-state index in [1.165, 1.54) is 0 Å². The molecule has 7 nitrogen and oxygen atoms in total. The molecule has 4 aromatic rings. The molecule has 35 heavy (non-hydrogen) atoms. The first kappa shape index (κ1) is 22.4. The molecule has 2 aromatic carbocycles. The molecule has 0 aliphatic heterocycles. The molecular formula is C28H24N2O5. The Morgan fingerprint density at radius 2 is 1.83 bits per heavy atom. The van der Waals surface area contributed by atoms with Gasteiger partial charge in [-0.3, -0.25) is 4.79 Å². The Morgan fingerprint density at radius 3 is 2.60 bits per heavy atom. The van der Waals surface area contributed by atoms with Crippen molar-refractivity contribution in [2.75, 3.05) is 20.8 Å². The van der Waals surface area contributed by atoms with Crippen LogP contribution in [0, 0.1) is 0 Å². The number of allylic oxidation sites excluding steroid dienone is 1. The smallest absolute Gasteiger partial charge is 0.339 e. The highest BCUT2D eigenvalue weighted by molar-refractivity contribution is 6.08. The summed E-state index contributed by atoms with van der Waals surface area (Å²) in [5.41, 5.74) is 5.17. The molecule has 5 rings (SSSR count). The van der Waals surface area contributed by atoms with Crippen LogP contribution in [-0.2, 0) is 11.2 Å². The summed E-state index contributed by atoms with van der Waals surface area (Å²) >= 11 is 0. The number of nitrogens with one attached hydrogen (secondary N) is 1. The molecule has 0 saturated heterocycles. The van der Waals surface area contributed by atoms with Crippen LogP contribution in [0.15, 0.2) is 60.8 Å². The van der Waals surface area contributed by atoms with Crippen LogP contribution in [0.25, 0.3) is 22.6 Å². The first-order valence-electron chi connectivity index (χ1n) is 11.3. The minimum atomic E-state index is -0.521.